The van der Waals surface area contributed by atoms with Gasteiger partial charge in [-0.2, -0.15) is 0 Å². The average molecular weight is 291 g/mol. The maximum absolute atomic E-state index is 11.8. The molecule has 0 atom stereocenters. The van der Waals surface area contributed by atoms with Gasteiger partial charge in [0, 0.05) is 5.33 Å². The zero-order valence-corrected chi connectivity index (χ0v) is 11.1. The summed E-state index contributed by atoms with van der Waals surface area (Å²) in [5.74, 6) is 0.238. The fourth-order valence-electron chi connectivity index (χ4n) is 1.31. The van der Waals surface area contributed by atoms with Crippen LogP contribution in [0.15, 0.2) is 29.2 Å². The van der Waals surface area contributed by atoms with E-state index in [0.29, 0.717) is 11.3 Å². The molecule has 0 saturated carbocycles. The van der Waals surface area contributed by atoms with E-state index < -0.39 is 9.84 Å². The summed E-state index contributed by atoms with van der Waals surface area (Å²) in [6.45, 7) is 1.90. The molecule has 4 heteroatoms. The van der Waals surface area contributed by atoms with Crippen molar-refractivity contribution in [1.82, 2.24) is 0 Å². The lowest BCUT2D eigenvalue weighted by molar-refractivity contribution is 0.593. The van der Waals surface area contributed by atoms with E-state index in [4.69, 9.17) is 0 Å². The van der Waals surface area contributed by atoms with Gasteiger partial charge in [-0.3, -0.25) is 0 Å². The molecule has 0 unspecified atom stereocenters. The van der Waals surface area contributed by atoms with Crippen LogP contribution in [0.4, 0.5) is 0 Å². The summed E-state index contributed by atoms with van der Waals surface area (Å²) in [7, 11) is -3.08. The van der Waals surface area contributed by atoms with Crippen LogP contribution in [0.25, 0.3) is 0 Å². The summed E-state index contributed by atoms with van der Waals surface area (Å²) in [4.78, 5) is 0.442. The standard InChI is InChI=1S/C11H15BrO2S/c1-10-5-4-6-11(9-10)15(13,14)8-3-2-7-12/h4-6,9H,2-3,7-8H2,1H3. The largest absolute Gasteiger partial charge is 0.224 e. The normalized spacial score (nSPS) is 11.6. The molecule has 84 valence electrons. The van der Waals surface area contributed by atoms with Crippen molar-refractivity contribution in [2.24, 2.45) is 0 Å². The Balaban J connectivity index is 2.77. The Labute approximate surface area is 99.7 Å². The fraction of sp³-hybridized carbons (Fsp3) is 0.455. The molecule has 0 fully saturated rings. The maximum atomic E-state index is 11.8. The SMILES string of the molecule is Cc1cccc(S(=O)(=O)CCCCBr)c1. The van der Waals surface area contributed by atoms with Crippen LogP contribution in [-0.2, 0) is 9.84 Å². The van der Waals surface area contributed by atoms with E-state index in [0.717, 1.165) is 17.3 Å². The molecule has 0 bridgehead atoms. The van der Waals surface area contributed by atoms with Gasteiger partial charge in [0.2, 0.25) is 0 Å². The van der Waals surface area contributed by atoms with Crippen LogP contribution in [-0.4, -0.2) is 19.5 Å². The number of unbranched alkanes of at least 4 members (excludes halogenated alkanes) is 1. The first-order valence-electron chi connectivity index (χ1n) is 4.91. The minimum absolute atomic E-state index is 0.238. The van der Waals surface area contributed by atoms with E-state index >= 15 is 0 Å². The molecule has 0 spiro atoms. The predicted molar refractivity (Wildman–Crippen MR) is 66.3 cm³/mol. The number of rotatable bonds is 5. The van der Waals surface area contributed by atoms with E-state index in [1.54, 1.807) is 18.2 Å². The molecule has 0 heterocycles. The van der Waals surface area contributed by atoms with Crippen molar-refractivity contribution in [2.75, 3.05) is 11.1 Å². The molecular weight excluding hydrogens is 276 g/mol. The summed E-state index contributed by atoms with van der Waals surface area (Å²) in [5, 5.41) is 0.857. The third kappa shape index (κ3) is 3.95. The first-order chi connectivity index (χ1) is 7.06. The van der Waals surface area contributed by atoms with Crippen LogP contribution in [0.5, 0.6) is 0 Å². The molecule has 0 saturated heterocycles. The van der Waals surface area contributed by atoms with Crippen molar-refractivity contribution < 1.29 is 8.42 Å². The van der Waals surface area contributed by atoms with Crippen LogP contribution in [0, 0.1) is 6.92 Å². The zero-order chi connectivity index (χ0) is 11.3. The number of alkyl halides is 1. The smallest absolute Gasteiger partial charge is 0.178 e. The first-order valence-corrected chi connectivity index (χ1v) is 7.69. The van der Waals surface area contributed by atoms with Gasteiger partial charge < -0.3 is 0 Å². The van der Waals surface area contributed by atoms with Gasteiger partial charge >= 0.3 is 0 Å². The highest BCUT2D eigenvalue weighted by Gasteiger charge is 2.13. The van der Waals surface area contributed by atoms with Gasteiger partial charge in [0.1, 0.15) is 0 Å². The Kier molecular flexibility index (Phi) is 4.80. The number of hydrogen-bond donors (Lipinski definition) is 0. The second kappa shape index (κ2) is 5.66. The van der Waals surface area contributed by atoms with E-state index in [9.17, 15) is 8.42 Å². The molecule has 1 aromatic carbocycles. The van der Waals surface area contributed by atoms with Gasteiger partial charge in [0.05, 0.1) is 10.6 Å². The number of sulfone groups is 1. The van der Waals surface area contributed by atoms with Crippen molar-refractivity contribution in [1.29, 1.82) is 0 Å². The van der Waals surface area contributed by atoms with Crippen LogP contribution in [0.2, 0.25) is 0 Å². The number of benzene rings is 1. The lowest BCUT2D eigenvalue weighted by atomic mass is 10.2. The Morgan fingerprint density at radius 3 is 2.60 bits per heavy atom. The quantitative estimate of drug-likeness (QED) is 0.617. The molecule has 1 aromatic rings. The molecular formula is C11H15BrO2S. The first kappa shape index (κ1) is 12.7. The molecule has 0 aromatic heterocycles. The number of halogens is 1. The number of hydrogen-bond acceptors (Lipinski definition) is 2. The van der Waals surface area contributed by atoms with Gasteiger partial charge in [0.15, 0.2) is 9.84 Å². The average Bonchev–Trinajstić information content (AvgIpc) is 2.18. The van der Waals surface area contributed by atoms with E-state index in [-0.39, 0.29) is 5.75 Å². The molecule has 0 aliphatic rings. The lowest BCUT2D eigenvalue weighted by Gasteiger charge is -2.04. The molecule has 2 nitrogen and oxygen atoms in total. The Bertz CT molecular complexity index is 412. The van der Waals surface area contributed by atoms with E-state index in [1.807, 2.05) is 13.0 Å². The van der Waals surface area contributed by atoms with Crippen molar-refractivity contribution in [2.45, 2.75) is 24.7 Å². The molecule has 0 N–H and O–H groups in total. The molecule has 15 heavy (non-hydrogen) atoms. The van der Waals surface area contributed by atoms with Crippen molar-refractivity contribution in [3.63, 3.8) is 0 Å². The second-order valence-corrected chi connectivity index (χ2v) is 6.43. The number of aryl methyl sites for hydroxylation is 1. The van der Waals surface area contributed by atoms with Crippen molar-refractivity contribution >= 4 is 25.8 Å². The Hall–Kier alpha value is -0.350. The predicted octanol–water partition coefficient (Wildman–Crippen LogP) is 2.94. The molecule has 0 aliphatic carbocycles. The van der Waals surface area contributed by atoms with Crippen LogP contribution < -0.4 is 0 Å². The summed E-state index contributed by atoms with van der Waals surface area (Å²) in [6.07, 6.45) is 1.60. The topological polar surface area (TPSA) is 34.1 Å². The molecule has 0 aliphatic heterocycles. The molecule has 0 amide bonds. The van der Waals surface area contributed by atoms with Crippen LogP contribution in [0.3, 0.4) is 0 Å². The fourth-order valence-corrected chi connectivity index (χ4v) is 3.18. The van der Waals surface area contributed by atoms with Gasteiger partial charge in [-0.1, -0.05) is 28.1 Å². The molecule has 0 radical (unpaired) electrons. The van der Waals surface area contributed by atoms with Gasteiger partial charge in [-0.25, -0.2) is 8.42 Å². The van der Waals surface area contributed by atoms with Gasteiger partial charge in [0.25, 0.3) is 0 Å². The van der Waals surface area contributed by atoms with E-state index in [1.165, 1.54) is 0 Å². The third-order valence-electron chi connectivity index (χ3n) is 2.15. The van der Waals surface area contributed by atoms with Crippen molar-refractivity contribution in [3.05, 3.63) is 29.8 Å². The Morgan fingerprint density at radius 1 is 1.27 bits per heavy atom. The third-order valence-corrected chi connectivity index (χ3v) is 4.50. The van der Waals surface area contributed by atoms with Crippen LogP contribution >= 0.6 is 15.9 Å². The van der Waals surface area contributed by atoms with E-state index in [2.05, 4.69) is 15.9 Å². The Morgan fingerprint density at radius 2 is 2.00 bits per heavy atom. The minimum atomic E-state index is -3.08. The highest BCUT2D eigenvalue weighted by atomic mass is 79.9. The van der Waals surface area contributed by atoms with Gasteiger partial charge in [-0.05, 0) is 37.5 Å². The molecule has 1 rings (SSSR count). The lowest BCUT2D eigenvalue weighted by Crippen LogP contribution is -2.07. The van der Waals surface area contributed by atoms with Crippen LogP contribution in [0.1, 0.15) is 18.4 Å². The highest BCUT2D eigenvalue weighted by Crippen LogP contribution is 2.14. The van der Waals surface area contributed by atoms with Crippen molar-refractivity contribution in [3.8, 4) is 0 Å². The summed E-state index contributed by atoms with van der Waals surface area (Å²) in [5.41, 5.74) is 0.983. The zero-order valence-electron chi connectivity index (χ0n) is 8.74. The summed E-state index contributed by atoms with van der Waals surface area (Å²) in [6, 6.07) is 7.07. The highest BCUT2D eigenvalue weighted by molar-refractivity contribution is 9.09. The summed E-state index contributed by atoms with van der Waals surface area (Å²) < 4.78 is 23.7. The summed E-state index contributed by atoms with van der Waals surface area (Å²) >= 11 is 3.29. The van der Waals surface area contributed by atoms with Gasteiger partial charge in [-0.15, -0.1) is 0 Å². The monoisotopic (exact) mass is 290 g/mol. The maximum Gasteiger partial charge on any atom is 0.178 e. The minimum Gasteiger partial charge on any atom is -0.224 e. The second-order valence-electron chi connectivity index (χ2n) is 3.53.